The number of unbranched alkanes of at least 4 members (excludes halogenated alkanes) is 1. The number of aliphatic hydroxyl groups excluding tert-OH is 1. The standard InChI is InChI=1S/C22H22FNO4/c1-3-4-13-24-19(14-7-11-17(28-2)12-8-14)18(21(26)22(24)27)20(25)15-5-9-16(23)10-6-15/h5-12,19,25H,3-4,13H2,1-2H3/b20-18-. The SMILES string of the molecule is CCCCN1C(=O)C(=O)/C(=C(\O)c2ccc(F)cc2)C1c1ccc(OC)cc1. The summed E-state index contributed by atoms with van der Waals surface area (Å²) >= 11 is 0. The molecular formula is C22H22FNO4. The van der Waals surface area contributed by atoms with E-state index in [-0.39, 0.29) is 16.9 Å². The van der Waals surface area contributed by atoms with Gasteiger partial charge < -0.3 is 14.7 Å². The highest BCUT2D eigenvalue weighted by Gasteiger charge is 2.45. The number of hydrogen-bond acceptors (Lipinski definition) is 4. The number of benzene rings is 2. The lowest BCUT2D eigenvalue weighted by Crippen LogP contribution is -2.30. The third-order valence-electron chi connectivity index (χ3n) is 4.84. The lowest BCUT2D eigenvalue weighted by atomic mass is 9.95. The van der Waals surface area contributed by atoms with E-state index in [4.69, 9.17) is 4.74 Å². The van der Waals surface area contributed by atoms with Gasteiger partial charge in [-0.2, -0.15) is 0 Å². The molecule has 2 aromatic rings. The molecule has 6 heteroatoms. The number of carbonyl (C=O) groups is 2. The molecule has 1 aliphatic rings. The number of aliphatic hydroxyl groups is 1. The van der Waals surface area contributed by atoms with Gasteiger partial charge in [-0.1, -0.05) is 25.5 Å². The summed E-state index contributed by atoms with van der Waals surface area (Å²) < 4.78 is 18.4. The summed E-state index contributed by atoms with van der Waals surface area (Å²) in [6.07, 6.45) is 1.59. The monoisotopic (exact) mass is 383 g/mol. The first-order chi connectivity index (χ1) is 13.5. The quantitative estimate of drug-likeness (QED) is 0.464. The highest BCUT2D eigenvalue weighted by atomic mass is 19.1. The number of nitrogens with zero attached hydrogens (tertiary/aromatic N) is 1. The first-order valence-electron chi connectivity index (χ1n) is 9.16. The maximum Gasteiger partial charge on any atom is 0.295 e. The Kier molecular flexibility index (Phi) is 5.78. The van der Waals surface area contributed by atoms with Gasteiger partial charge in [-0.15, -0.1) is 0 Å². The average Bonchev–Trinajstić information content (AvgIpc) is 2.97. The number of methoxy groups -OCH3 is 1. The molecule has 1 fully saturated rings. The van der Waals surface area contributed by atoms with Crippen LogP contribution in [0.25, 0.3) is 5.76 Å². The minimum atomic E-state index is -0.737. The highest BCUT2D eigenvalue weighted by Crippen LogP contribution is 2.39. The minimum absolute atomic E-state index is 0.0119. The van der Waals surface area contributed by atoms with Crippen molar-refractivity contribution in [1.29, 1.82) is 0 Å². The van der Waals surface area contributed by atoms with Crippen LogP contribution >= 0.6 is 0 Å². The van der Waals surface area contributed by atoms with Gasteiger partial charge in [-0.05, 0) is 48.4 Å². The second-order valence-corrected chi connectivity index (χ2v) is 6.63. The molecule has 0 aliphatic carbocycles. The molecule has 0 saturated carbocycles. The third kappa shape index (κ3) is 3.63. The van der Waals surface area contributed by atoms with E-state index < -0.39 is 23.5 Å². The van der Waals surface area contributed by atoms with Crippen LogP contribution in [-0.2, 0) is 9.59 Å². The number of rotatable bonds is 6. The average molecular weight is 383 g/mol. The maximum atomic E-state index is 13.2. The molecule has 3 rings (SSSR count). The molecule has 1 N–H and O–H groups in total. The lowest BCUT2D eigenvalue weighted by Gasteiger charge is -2.25. The van der Waals surface area contributed by atoms with Gasteiger partial charge in [0.05, 0.1) is 18.7 Å². The van der Waals surface area contributed by atoms with Crippen LogP contribution in [0.1, 0.15) is 36.9 Å². The minimum Gasteiger partial charge on any atom is -0.507 e. The third-order valence-corrected chi connectivity index (χ3v) is 4.84. The first kappa shape index (κ1) is 19.6. The first-order valence-corrected chi connectivity index (χ1v) is 9.16. The number of ketones is 1. The molecular weight excluding hydrogens is 361 g/mol. The van der Waals surface area contributed by atoms with Crippen LogP contribution in [0.15, 0.2) is 54.1 Å². The van der Waals surface area contributed by atoms with Crippen molar-refractivity contribution in [3.8, 4) is 5.75 Å². The molecule has 1 atom stereocenters. The van der Waals surface area contributed by atoms with Gasteiger partial charge in [-0.25, -0.2) is 4.39 Å². The van der Waals surface area contributed by atoms with Crippen LogP contribution in [-0.4, -0.2) is 35.4 Å². The van der Waals surface area contributed by atoms with Gasteiger partial charge >= 0.3 is 0 Å². The summed E-state index contributed by atoms with van der Waals surface area (Å²) in [5.74, 6) is -1.49. The van der Waals surface area contributed by atoms with Gasteiger partial charge in [0, 0.05) is 12.1 Å². The summed E-state index contributed by atoms with van der Waals surface area (Å²) in [7, 11) is 1.55. The maximum absolute atomic E-state index is 13.2. The second-order valence-electron chi connectivity index (χ2n) is 6.63. The van der Waals surface area contributed by atoms with Gasteiger partial charge in [0.15, 0.2) is 0 Å². The molecule has 1 unspecified atom stereocenters. The molecule has 28 heavy (non-hydrogen) atoms. The molecule has 1 heterocycles. The zero-order valence-corrected chi connectivity index (χ0v) is 15.8. The van der Waals surface area contributed by atoms with Gasteiger partial charge in [0.2, 0.25) is 0 Å². The van der Waals surface area contributed by atoms with Crippen molar-refractivity contribution < 1.29 is 23.8 Å². The summed E-state index contributed by atoms with van der Waals surface area (Å²) in [5, 5.41) is 10.8. The van der Waals surface area contributed by atoms with Gasteiger partial charge in [-0.3, -0.25) is 9.59 Å². The van der Waals surface area contributed by atoms with Crippen LogP contribution < -0.4 is 4.74 Å². The Balaban J connectivity index is 2.13. The van der Waals surface area contributed by atoms with Crippen molar-refractivity contribution in [2.45, 2.75) is 25.8 Å². The predicted molar refractivity (Wildman–Crippen MR) is 103 cm³/mol. The normalized spacial score (nSPS) is 18.5. The van der Waals surface area contributed by atoms with Gasteiger partial charge in [0.1, 0.15) is 17.3 Å². The molecule has 2 aromatic carbocycles. The summed E-state index contributed by atoms with van der Waals surface area (Å²) in [5.41, 5.74) is 0.992. The molecule has 1 saturated heterocycles. The Morgan fingerprint density at radius 1 is 1.11 bits per heavy atom. The number of halogens is 1. The Hall–Kier alpha value is -3.15. The van der Waals surface area contributed by atoms with E-state index in [1.165, 1.54) is 29.2 Å². The topological polar surface area (TPSA) is 66.8 Å². The molecule has 0 aromatic heterocycles. The molecule has 0 radical (unpaired) electrons. The van der Waals surface area contributed by atoms with Crippen molar-refractivity contribution in [3.63, 3.8) is 0 Å². The van der Waals surface area contributed by atoms with E-state index in [9.17, 15) is 19.1 Å². The number of likely N-dealkylation sites (tertiary alicyclic amines) is 1. The molecule has 0 bridgehead atoms. The smallest absolute Gasteiger partial charge is 0.295 e. The number of carbonyl (C=O) groups excluding carboxylic acids is 2. The second kappa shape index (κ2) is 8.25. The van der Waals surface area contributed by atoms with Crippen LogP contribution in [0.5, 0.6) is 5.75 Å². The van der Waals surface area contributed by atoms with Gasteiger partial charge in [0.25, 0.3) is 11.7 Å². The van der Waals surface area contributed by atoms with E-state index in [2.05, 4.69) is 0 Å². The Morgan fingerprint density at radius 3 is 2.32 bits per heavy atom. The van der Waals surface area contributed by atoms with E-state index in [0.29, 0.717) is 17.9 Å². The van der Waals surface area contributed by atoms with E-state index in [0.717, 1.165) is 12.8 Å². The summed E-state index contributed by atoms with van der Waals surface area (Å²) in [6.45, 7) is 2.40. The Bertz CT molecular complexity index is 903. The van der Waals surface area contributed by atoms with Crippen molar-refractivity contribution in [1.82, 2.24) is 4.90 Å². The highest BCUT2D eigenvalue weighted by molar-refractivity contribution is 6.46. The van der Waals surface area contributed by atoms with E-state index in [1.807, 2.05) is 6.92 Å². The van der Waals surface area contributed by atoms with Crippen LogP contribution in [0.3, 0.4) is 0 Å². The van der Waals surface area contributed by atoms with Crippen LogP contribution in [0.2, 0.25) is 0 Å². The summed E-state index contributed by atoms with van der Waals surface area (Å²) in [6, 6.07) is 11.5. The fourth-order valence-corrected chi connectivity index (χ4v) is 3.34. The molecule has 1 aliphatic heterocycles. The largest absolute Gasteiger partial charge is 0.507 e. The fourth-order valence-electron chi connectivity index (χ4n) is 3.34. The fraction of sp³-hybridized carbons (Fsp3) is 0.273. The number of amides is 1. The van der Waals surface area contributed by atoms with Crippen molar-refractivity contribution >= 4 is 17.4 Å². The number of ether oxygens (including phenoxy) is 1. The van der Waals surface area contributed by atoms with Crippen molar-refractivity contribution in [2.75, 3.05) is 13.7 Å². The zero-order valence-electron chi connectivity index (χ0n) is 15.8. The molecule has 1 amide bonds. The van der Waals surface area contributed by atoms with Crippen molar-refractivity contribution in [3.05, 3.63) is 71.0 Å². The van der Waals surface area contributed by atoms with E-state index in [1.54, 1.807) is 31.4 Å². The Labute approximate surface area is 163 Å². The Morgan fingerprint density at radius 2 is 1.75 bits per heavy atom. The lowest BCUT2D eigenvalue weighted by molar-refractivity contribution is -0.139. The number of hydrogen-bond donors (Lipinski definition) is 1. The molecule has 5 nitrogen and oxygen atoms in total. The van der Waals surface area contributed by atoms with Crippen LogP contribution in [0.4, 0.5) is 4.39 Å². The van der Waals surface area contributed by atoms with Crippen molar-refractivity contribution in [2.24, 2.45) is 0 Å². The number of Topliss-reactive ketones (excluding diaryl/α,β-unsaturated/α-hetero) is 1. The molecule has 0 spiro atoms. The summed E-state index contributed by atoms with van der Waals surface area (Å²) in [4.78, 5) is 26.9. The van der Waals surface area contributed by atoms with E-state index >= 15 is 0 Å². The molecule has 146 valence electrons. The zero-order chi connectivity index (χ0) is 20.3. The predicted octanol–water partition coefficient (Wildman–Crippen LogP) is 4.06. The van der Waals surface area contributed by atoms with Crippen LogP contribution in [0, 0.1) is 5.82 Å².